The number of aromatic nitrogens is 1. The molecule has 1 aliphatic heterocycles. The molecule has 1 aromatic rings. The van der Waals surface area contributed by atoms with Gasteiger partial charge < -0.3 is 0 Å². The van der Waals surface area contributed by atoms with E-state index in [1.807, 2.05) is 19.1 Å². The van der Waals surface area contributed by atoms with Gasteiger partial charge >= 0.3 is 0 Å². The minimum atomic E-state index is 0.0682. The molecule has 1 radical (unpaired) electrons. The molecule has 2 heterocycles. The molecule has 1 aromatic heterocycles. The van der Waals surface area contributed by atoms with Crippen LogP contribution in [0.1, 0.15) is 6.92 Å². The molecular weight excluding hydrogens is 154 g/mol. The minimum absolute atomic E-state index is 0.0682. The average Bonchev–Trinajstić information content (AvgIpc) is 2.54. The molecule has 1 atom stereocenters. The van der Waals surface area contributed by atoms with Crippen molar-refractivity contribution in [2.75, 3.05) is 11.7 Å². The van der Waals surface area contributed by atoms with Gasteiger partial charge in [-0.05, 0) is 19.1 Å². The number of hydrogen-bond donors (Lipinski definition) is 1. The fourth-order valence-corrected chi connectivity index (χ4v) is 1.08. The maximum atomic E-state index is 5.40. The van der Waals surface area contributed by atoms with E-state index in [4.69, 9.17) is 4.84 Å². The number of pyridine rings is 1. The number of anilines is 1. The maximum Gasteiger partial charge on any atom is 0.134 e. The number of hydroxylamine groups is 1. The van der Waals surface area contributed by atoms with Crippen LogP contribution in [0.2, 0.25) is 0 Å². The van der Waals surface area contributed by atoms with Crippen LogP contribution in [0.15, 0.2) is 18.3 Å². The van der Waals surface area contributed by atoms with Crippen molar-refractivity contribution in [2.24, 2.45) is 0 Å². The van der Waals surface area contributed by atoms with E-state index in [2.05, 4.69) is 16.5 Å². The summed E-state index contributed by atoms with van der Waals surface area (Å²) in [5.41, 5.74) is 0.856. The van der Waals surface area contributed by atoms with Crippen LogP contribution in [0.3, 0.4) is 0 Å². The summed E-state index contributed by atoms with van der Waals surface area (Å²) in [6.45, 7) is 2.64. The molecule has 0 aliphatic carbocycles. The van der Waals surface area contributed by atoms with Crippen LogP contribution < -0.4 is 10.4 Å². The molecule has 0 spiro atoms. The Bertz CT molecular complexity index is 252. The Balaban J connectivity index is 2.11. The summed E-state index contributed by atoms with van der Waals surface area (Å²) in [4.78, 5) is 9.28. The van der Waals surface area contributed by atoms with E-state index in [-0.39, 0.29) is 6.23 Å². The van der Waals surface area contributed by atoms with Gasteiger partial charge in [0.05, 0.1) is 12.4 Å². The van der Waals surface area contributed by atoms with Crippen LogP contribution in [0, 0.1) is 6.20 Å². The van der Waals surface area contributed by atoms with Gasteiger partial charge in [0, 0.05) is 6.20 Å². The standard InChI is InChI=1S/C8H10N3O/c1-7-10-6-11(12-7)8-3-2-4-9-5-8/h2-4,7,10H,6H2,1H3. The Morgan fingerprint density at radius 2 is 2.75 bits per heavy atom. The zero-order valence-electron chi connectivity index (χ0n) is 6.82. The van der Waals surface area contributed by atoms with Crippen molar-refractivity contribution in [3.63, 3.8) is 0 Å². The van der Waals surface area contributed by atoms with Crippen molar-refractivity contribution in [1.82, 2.24) is 10.3 Å². The lowest BCUT2D eigenvalue weighted by Crippen LogP contribution is -2.20. The zero-order chi connectivity index (χ0) is 8.39. The summed E-state index contributed by atoms with van der Waals surface area (Å²) in [5.74, 6) is 0. The van der Waals surface area contributed by atoms with Crippen LogP contribution in [0.25, 0.3) is 0 Å². The van der Waals surface area contributed by atoms with E-state index in [9.17, 15) is 0 Å². The van der Waals surface area contributed by atoms with Gasteiger partial charge in [-0.2, -0.15) is 0 Å². The zero-order valence-corrected chi connectivity index (χ0v) is 6.82. The number of nitrogens with one attached hydrogen (secondary N) is 1. The molecular formula is C8H10N3O. The summed E-state index contributed by atoms with van der Waals surface area (Å²) >= 11 is 0. The molecule has 63 valence electrons. The van der Waals surface area contributed by atoms with Gasteiger partial charge in [-0.3, -0.25) is 15.1 Å². The molecule has 0 saturated carbocycles. The molecule has 0 aromatic carbocycles. The maximum absolute atomic E-state index is 5.40. The van der Waals surface area contributed by atoms with E-state index < -0.39 is 0 Å². The highest BCUT2D eigenvalue weighted by atomic mass is 16.7. The second kappa shape index (κ2) is 3.08. The lowest BCUT2D eigenvalue weighted by Gasteiger charge is -2.13. The largest absolute Gasteiger partial charge is 0.271 e. The number of hydrogen-bond acceptors (Lipinski definition) is 4. The summed E-state index contributed by atoms with van der Waals surface area (Å²) in [7, 11) is 0. The molecule has 4 heteroatoms. The van der Waals surface area contributed by atoms with Crippen molar-refractivity contribution in [2.45, 2.75) is 13.2 Å². The second-order valence-electron chi connectivity index (χ2n) is 2.62. The number of rotatable bonds is 1. The minimum Gasteiger partial charge on any atom is -0.271 e. The van der Waals surface area contributed by atoms with Crippen LogP contribution in [0.4, 0.5) is 5.69 Å². The fraction of sp³-hybridized carbons (Fsp3) is 0.375. The summed E-state index contributed by atoms with van der Waals surface area (Å²) in [6.07, 6.45) is 4.60. The lowest BCUT2D eigenvalue weighted by molar-refractivity contribution is 0.0923. The Kier molecular flexibility index (Phi) is 1.93. The van der Waals surface area contributed by atoms with Crippen molar-refractivity contribution in [3.8, 4) is 0 Å². The van der Waals surface area contributed by atoms with E-state index in [1.165, 1.54) is 0 Å². The predicted molar refractivity (Wildman–Crippen MR) is 44.1 cm³/mol. The van der Waals surface area contributed by atoms with Crippen molar-refractivity contribution >= 4 is 5.69 Å². The smallest absolute Gasteiger partial charge is 0.134 e. The Labute approximate surface area is 71.1 Å². The first-order valence-corrected chi connectivity index (χ1v) is 3.86. The van der Waals surface area contributed by atoms with Crippen LogP contribution in [0.5, 0.6) is 0 Å². The van der Waals surface area contributed by atoms with Crippen LogP contribution in [-0.2, 0) is 4.84 Å². The SMILES string of the molecule is CC1NCN(c2[c]nccc2)O1. The van der Waals surface area contributed by atoms with Gasteiger partial charge in [0.1, 0.15) is 12.4 Å². The lowest BCUT2D eigenvalue weighted by atomic mass is 10.4. The van der Waals surface area contributed by atoms with E-state index in [0.717, 1.165) is 5.69 Å². The predicted octanol–water partition coefficient (Wildman–Crippen LogP) is 0.526. The van der Waals surface area contributed by atoms with E-state index in [0.29, 0.717) is 6.67 Å². The topological polar surface area (TPSA) is 37.4 Å². The molecule has 0 amide bonds. The fourth-order valence-electron chi connectivity index (χ4n) is 1.08. The molecule has 1 unspecified atom stereocenters. The Morgan fingerprint density at radius 1 is 1.83 bits per heavy atom. The molecule has 12 heavy (non-hydrogen) atoms. The van der Waals surface area contributed by atoms with Crippen molar-refractivity contribution in [3.05, 3.63) is 24.5 Å². The first kappa shape index (κ1) is 7.52. The third kappa shape index (κ3) is 1.39. The van der Waals surface area contributed by atoms with Gasteiger partial charge in [0.25, 0.3) is 0 Å². The molecule has 1 N–H and O–H groups in total. The highest BCUT2D eigenvalue weighted by Gasteiger charge is 2.18. The Hall–Kier alpha value is -1.13. The van der Waals surface area contributed by atoms with Gasteiger partial charge in [-0.1, -0.05) is 0 Å². The molecule has 4 nitrogen and oxygen atoms in total. The highest BCUT2D eigenvalue weighted by molar-refractivity contribution is 5.39. The van der Waals surface area contributed by atoms with E-state index >= 15 is 0 Å². The molecule has 0 bridgehead atoms. The molecule has 1 fully saturated rings. The monoisotopic (exact) mass is 164 g/mol. The van der Waals surface area contributed by atoms with Gasteiger partial charge in [-0.15, -0.1) is 0 Å². The van der Waals surface area contributed by atoms with E-state index in [1.54, 1.807) is 11.3 Å². The molecule has 2 rings (SSSR count). The normalized spacial score (nSPS) is 23.1. The summed E-state index contributed by atoms with van der Waals surface area (Å²) in [6, 6.07) is 3.77. The second-order valence-corrected chi connectivity index (χ2v) is 2.62. The molecule has 1 aliphatic rings. The van der Waals surface area contributed by atoms with Crippen molar-refractivity contribution in [1.29, 1.82) is 0 Å². The summed E-state index contributed by atoms with van der Waals surface area (Å²) < 4.78 is 0. The quantitative estimate of drug-likeness (QED) is 0.657. The Morgan fingerprint density at radius 3 is 3.33 bits per heavy atom. The van der Waals surface area contributed by atoms with Crippen molar-refractivity contribution < 1.29 is 4.84 Å². The number of nitrogens with zero attached hydrogens (tertiary/aromatic N) is 2. The third-order valence-corrected chi connectivity index (χ3v) is 1.67. The first-order valence-electron chi connectivity index (χ1n) is 3.86. The average molecular weight is 164 g/mol. The van der Waals surface area contributed by atoms with Gasteiger partial charge in [0.2, 0.25) is 0 Å². The highest BCUT2D eigenvalue weighted by Crippen LogP contribution is 2.14. The van der Waals surface area contributed by atoms with Crippen LogP contribution >= 0.6 is 0 Å². The third-order valence-electron chi connectivity index (χ3n) is 1.67. The van der Waals surface area contributed by atoms with Gasteiger partial charge in [-0.25, -0.2) is 5.06 Å². The summed E-state index contributed by atoms with van der Waals surface area (Å²) in [5, 5.41) is 4.86. The van der Waals surface area contributed by atoms with Crippen LogP contribution in [-0.4, -0.2) is 17.9 Å². The molecule has 1 saturated heterocycles. The van der Waals surface area contributed by atoms with Gasteiger partial charge in [0.15, 0.2) is 0 Å². The first-order chi connectivity index (χ1) is 5.86.